The van der Waals surface area contributed by atoms with Crippen molar-refractivity contribution in [2.45, 2.75) is 13.2 Å². The van der Waals surface area contributed by atoms with Gasteiger partial charge in [0.25, 0.3) is 0 Å². The maximum atomic E-state index is 9.89. The number of rotatable bonds is 4. The van der Waals surface area contributed by atoms with Crippen LogP contribution in [0.15, 0.2) is 127 Å². The highest BCUT2D eigenvalue weighted by atomic mass is 15.1. The number of nitrogens with zero attached hydrogens (tertiary/aromatic N) is 2. The first-order valence-corrected chi connectivity index (χ1v) is 10.9. The van der Waals surface area contributed by atoms with Gasteiger partial charge in [-0.2, -0.15) is 0 Å². The minimum atomic E-state index is -3.41. The second-order valence-corrected chi connectivity index (χ2v) is 7.86. The van der Waals surface area contributed by atoms with E-state index in [4.69, 9.17) is 24.7 Å². The second-order valence-electron chi connectivity index (χ2n) is 7.86. The summed E-state index contributed by atoms with van der Waals surface area (Å²) in [6, 6.07) is -9.87. The third-order valence-electron chi connectivity index (χ3n) is 5.88. The third kappa shape index (κ3) is 3.45. The predicted molar refractivity (Wildman–Crippen MR) is 156 cm³/mol. The number of hydrogen-bond acceptors (Lipinski definition) is 1. The molecule has 0 aliphatic carbocycles. The number of fused-ring (bicyclic) bond motifs is 3. The zero-order valence-electron chi connectivity index (χ0n) is 40.7. The third-order valence-corrected chi connectivity index (χ3v) is 5.88. The molecule has 0 radical (unpaired) electrons. The van der Waals surface area contributed by atoms with Crippen molar-refractivity contribution in [1.29, 1.82) is 0 Å². The SMILES string of the molecule is [2H]c1c([2H])c([2H])c(-c2c3c([2H])c([2H])c([2H])c([2H])c3c(-c3c([2H])c([2H])c([2H])c([2H])c3[2H])c3c([2H])c(-n4c(C([2H])([2H])C([2H])([2H])[2H])nc5ccccc54)c([2H])c([2H])c23)c([2H])c1[2H]. The fourth-order valence-corrected chi connectivity index (χ4v) is 4.41. The highest BCUT2D eigenvalue weighted by Gasteiger charge is 2.18. The van der Waals surface area contributed by atoms with E-state index in [9.17, 15) is 5.48 Å². The Morgan fingerprint density at radius 3 is 1.97 bits per heavy atom. The van der Waals surface area contributed by atoms with Gasteiger partial charge in [-0.15, -0.1) is 0 Å². The molecule has 0 atom stereocenters. The molecular formula is C35H26N2. The summed E-state index contributed by atoms with van der Waals surface area (Å²) in [6.45, 7) is -3.41. The van der Waals surface area contributed by atoms with Crippen molar-refractivity contribution in [3.05, 3.63) is 133 Å². The molecule has 0 N–H and O–H groups in total. The Morgan fingerprint density at radius 2 is 1.30 bits per heavy atom. The monoisotopic (exact) mass is 496 g/mol. The molecule has 37 heavy (non-hydrogen) atoms. The van der Waals surface area contributed by atoms with Crippen LogP contribution in [0.1, 0.15) is 42.8 Å². The molecule has 0 fully saturated rings. The van der Waals surface area contributed by atoms with Crippen LogP contribution in [0.25, 0.3) is 60.5 Å². The van der Waals surface area contributed by atoms with Crippen LogP contribution in [0.3, 0.4) is 0 Å². The first kappa shape index (κ1) is 8.71. The summed E-state index contributed by atoms with van der Waals surface area (Å²) >= 11 is 0. The summed E-state index contributed by atoms with van der Waals surface area (Å²) in [4.78, 5) is 4.23. The number of aromatic nitrogens is 2. The highest BCUT2D eigenvalue weighted by molar-refractivity contribution is 6.21. The Labute approximate surface area is 247 Å². The lowest BCUT2D eigenvalue weighted by molar-refractivity contribution is 0.909. The number of hydrogen-bond donors (Lipinski definition) is 0. The van der Waals surface area contributed by atoms with E-state index in [1.54, 1.807) is 0 Å². The molecule has 0 spiro atoms. The molecule has 0 saturated heterocycles. The van der Waals surface area contributed by atoms with Crippen molar-refractivity contribution in [2.75, 3.05) is 0 Å². The minimum Gasteiger partial charge on any atom is -0.296 e. The molecule has 0 amide bonds. The summed E-state index contributed by atoms with van der Waals surface area (Å²) < 4.78 is 193. The van der Waals surface area contributed by atoms with Crippen molar-refractivity contribution < 1.29 is 30.2 Å². The Morgan fingerprint density at radius 1 is 0.703 bits per heavy atom. The molecule has 0 bridgehead atoms. The number of benzene rings is 6. The largest absolute Gasteiger partial charge is 0.296 e. The number of imidazole rings is 1. The highest BCUT2D eigenvalue weighted by Crippen LogP contribution is 2.44. The van der Waals surface area contributed by atoms with Gasteiger partial charge in [0.1, 0.15) is 5.82 Å². The average molecular weight is 497 g/mol. The molecule has 0 saturated carbocycles. The van der Waals surface area contributed by atoms with Gasteiger partial charge < -0.3 is 0 Å². The molecule has 176 valence electrons. The molecule has 2 nitrogen and oxygen atoms in total. The van der Waals surface area contributed by atoms with Gasteiger partial charge >= 0.3 is 0 Å². The zero-order chi connectivity index (χ0) is 43.9. The smallest absolute Gasteiger partial charge is 0.114 e. The van der Waals surface area contributed by atoms with Gasteiger partial charge in [0.2, 0.25) is 0 Å². The van der Waals surface area contributed by atoms with Gasteiger partial charge in [-0.3, -0.25) is 4.57 Å². The first-order valence-electron chi connectivity index (χ1n) is 21.9. The van der Waals surface area contributed by atoms with Crippen molar-refractivity contribution in [3.8, 4) is 27.9 Å². The van der Waals surface area contributed by atoms with E-state index in [1.165, 1.54) is 24.3 Å². The van der Waals surface area contributed by atoms with Gasteiger partial charge in [-0.1, -0.05) is 110 Å². The van der Waals surface area contributed by atoms with Gasteiger partial charge in [0.05, 0.1) is 34.3 Å². The molecule has 0 aliphatic heterocycles. The standard InChI is InChI=1S/C35H26N2/c1-2-33-36-31-19-11-12-20-32(31)37(33)26-21-22-29-30(23-26)35(25-15-7-4-8-16-25)28-18-10-9-17-27(28)34(29)24-13-5-3-6-14-24/h3-23H,2H2,1H3/i1D3,2D2,3D,4D,5D,6D,7D,8D,9D,10D,13D,14D,15D,16D,17D,18D,21D,22D,23D. The topological polar surface area (TPSA) is 17.8 Å². The Bertz CT molecular complexity index is 2980. The van der Waals surface area contributed by atoms with E-state index in [1.807, 2.05) is 0 Å². The maximum Gasteiger partial charge on any atom is 0.114 e. The summed E-state index contributed by atoms with van der Waals surface area (Å²) in [5, 5.41) is -2.66. The number of para-hydroxylation sites is 2. The lowest BCUT2D eigenvalue weighted by Crippen LogP contribution is -2.00. The Kier molecular flexibility index (Phi) is 2.06. The minimum absolute atomic E-state index is 0.0145. The fourth-order valence-electron chi connectivity index (χ4n) is 4.41. The normalized spacial score (nSPS) is 20.6. The summed E-state index contributed by atoms with van der Waals surface area (Å²) in [7, 11) is 0. The van der Waals surface area contributed by atoms with Crippen LogP contribution >= 0.6 is 0 Å². The quantitative estimate of drug-likeness (QED) is 0.222. The van der Waals surface area contributed by atoms with Gasteiger partial charge in [0.15, 0.2) is 0 Å². The van der Waals surface area contributed by atoms with E-state index in [-0.39, 0.29) is 11.0 Å². The van der Waals surface area contributed by atoms with E-state index in [0.29, 0.717) is 0 Å². The molecule has 2 heteroatoms. The van der Waals surface area contributed by atoms with Crippen LogP contribution in [-0.2, 0) is 6.37 Å². The number of aryl methyl sites for hydroxylation is 1. The first-order chi connectivity index (χ1) is 27.3. The van der Waals surface area contributed by atoms with Crippen LogP contribution in [0.2, 0.25) is 0 Å². The van der Waals surface area contributed by atoms with E-state index < -0.39 is 171 Å². The Balaban J connectivity index is 1.94. The molecule has 1 aromatic heterocycles. The molecule has 7 rings (SSSR count). The molecular weight excluding hydrogens is 448 g/mol. The van der Waals surface area contributed by atoms with Crippen molar-refractivity contribution in [1.82, 2.24) is 9.55 Å². The van der Waals surface area contributed by atoms with E-state index >= 15 is 0 Å². The summed E-state index contributed by atoms with van der Waals surface area (Å²) in [5.74, 6) is -0.850. The lowest BCUT2D eigenvalue weighted by atomic mass is 9.86. The predicted octanol–water partition coefficient (Wildman–Crippen LogP) is 9.23. The fraction of sp³-hybridized carbons (Fsp3) is 0.0571. The summed E-state index contributed by atoms with van der Waals surface area (Å²) in [5.41, 5.74) is -3.58. The molecule has 1 heterocycles. The van der Waals surface area contributed by atoms with Crippen LogP contribution in [0, 0.1) is 0 Å². The average Bonchev–Trinajstić information content (AvgIpc) is 3.57. The van der Waals surface area contributed by atoms with Crippen molar-refractivity contribution >= 4 is 32.6 Å². The van der Waals surface area contributed by atoms with E-state index in [0.717, 1.165) is 4.57 Å². The van der Waals surface area contributed by atoms with Crippen LogP contribution in [0.4, 0.5) is 0 Å². The van der Waals surface area contributed by atoms with Crippen LogP contribution in [-0.4, -0.2) is 9.55 Å². The maximum absolute atomic E-state index is 9.89. The molecule has 7 aromatic rings. The Hall–Kier alpha value is -4.69. The van der Waals surface area contributed by atoms with Crippen LogP contribution < -0.4 is 0 Å². The van der Waals surface area contributed by atoms with Gasteiger partial charge in [0, 0.05) is 18.9 Å². The van der Waals surface area contributed by atoms with E-state index in [2.05, 4.69) is 4.98 Å². The zero-order valence-corrected chi connectivity index (χ0v) is 18.7. The van der Waals surface area contributed by atoms with Crippen molar-refractivity contribution in [3.63, 3.8) is 0 Å². The molecule has 0 aliphatic rings. The van der Waals surface area contributed by atoms with Gasteiger partial charge in [-0.05, 0) is 68.0 Å². The van der Waals surface area contributed by atoms with Crippen molar-refractivity contribution in [2.24, 2.45) is 0 Å². The lowest BCUT2D eigenvalue weighted by Gasteiger charge is -2.19. The molecule has 6 aromatic carbocycles. The summed E-state index contributed by atoms with van der Waals surface area (Å²) in [6.07, 6.45) is -3.31. The molecule has 0 unspecified atom stereocenters. The van der Waals surface area contributed by atoms with Gasteiger partial charge in [-0.25, -0.2) is 4.98 Å². The second kappa shape index (κ2) is 8.76. The van der Waals surface area contributed by atoms with Crippen LogP contribution in [0.5, 0.6) is 0 Å².